The lowest BCUT2D eigenvalue weighted by Gasteiger charge is -2.14. The summed E-state index contributed by atoms with van der Waals surface area (Å²) in [6, 6.07) is 7.93. The number of allylic oxidation sites excluding steroid dienone is 1. The summed E-state index contributed by atoms with van der Waals surface area (Å²) in [5.41, 5.74) is 2.27. The highest BCUT2D eigenvalue weighted by molar-refractivity contribution is 5.74. The fourth-order valence-corrected chi connectivity index (χ4v) is 1.87. The first-order valence-corrected chi connectivity index (χ1v) is 4.70. The van der Waals surface area contributed by atoms with E-state index in [1.165, 1.54) is 0 Å². The number of carboxylic acid groups (broad SMARTS) is 1. The van der Waals surface area contributed by atoms with Crippen molar-refractivity contribution in [1.29, 1.82) is 0 Å². The van der Waals surface area contributed by atoms with Crippen LogP contribution in [0.1, 0.15) is 24.0 Å². The second kappa shape index (κ2) is 3.29. The number of carbonyl (C=O) groups is 1. The first-order valence-electron chi connectivity index (χ1n) is 4.70. The van der Waals surface area contributed by atoms with Crippen LogP contribution in [-0.4, -0.2) is 11.1 Å². The van der Waals surface area contributed by atoms with Crippen LogP contribution in [-0.2, 0) is 4.79 Å². The first kappa shape index (κ1) is 9.00. The molecule has 72 valence electrons. The van der Waals surface area contributed by atoms with E-state index in [1.807, 2.05) is 36.4 Å². The number of aliphatic carboxylic acids is 1. The van der Waals surface area contributed by atoms with Gasteiger partial charge in [-0.1, -0.05) is 43.3 Å². The van der Waals surface area contributed by atoms with Crippen molar-refractivity contribution in [2.75, 3.05) is 0 Å². The molecule has 0 aromatic heterocycles. The molecule has 0 radical (unpaired) electrons. The molecule has 0 saturated carbocycles. The van der Waals surface area contributed by atoms with Gasteiger partial charge in [-0.15, -0.1) is 0 Å². The predicted octanol–water partition coefficient (Wildman–Crippen LogP) is 2.52. The van der Waals surface area contributed by atoms with E-state index >= 15 is 0 Å². The molecule has 0 heterocycles. The molecule has 0 bridgehead atoms. The Morgan fingerprint density at radius 3 is 2.86 bits per heavy atom. The monoisotopic (exact) mass is 188 g/mol. The van der Waals surface area contributed by atoms with Gasteiger partial charge in [-0.3, -0.25) is 4.79 Å². The summed E-state index contributed by atoms with van der Waals surface area (Å²) in [6.07, 6.45) is 3.98. The normalized spacial score (nSPS) is 20.5. The maximum absolute atomic E-state index is 10.9. The van der Waals surface area contributed by atoms with Crippen molar-refractivity contribution >= 4 is 12.0 Å². The molecular weight excluding hydrogens is 176 g/mol. The molecule has 14 heavy (non-hydrogen) atoms. The lowest BCUT2D eigenvalue weighted by molar-refractivity contribution is -0.141. The second-order valence-electron chi connectivity index (χ2n) is 3.64. The zero-order valence-electron chi connectivity index (χ0n) is 7.97. The average Bonchev–Trinajstić information content (AvgIpc) is 2.60. The third-order valence-corrected chi connectivity index (χ3v) is 2.77. The van der Waals surface area contributed by atoms with Crippen molar-refractivity contribution in [2.45, 2.75) is 12.8 Å². The summed E-state index contributed by atoms with van der Waals surface area (Å²) in [4.78, 5) is 10.9. The second-order valence-corrected chi connectivity index (χ2v) is 3.64. The van der Waals surface area contributed by atoms with Crippen LogP contribution in [0.25, 0.3) is 6.08 Å². The lowest BCUT2D eigenvalue weighted by atomic mass is 9.89. The van der Waals surface area contributed by atoms with Gasteiger partial charge >= 0.3 is 5.97 Å². The fourth-order valence-electron chi connectivity index (χ4n) is 1.87. The van der Waals surface area contributed by atoms with Gasteiger partial charge in [-0.05, 0) is 11.1 Å². The number of carboxylic acids is 1. The van der Waals surface area contributed by atoms with Crippen molar-refractivity contribution in [3.8, 4) is 0 Å². The standard InChI is InChI=1S/C12H12O2/c1-8(12(13)14)10-7-6-9-4-2-3-5-11(9)10/h2-8,10H,1H3,(H,13,14). The van der Waals surface area contributed by atoms with Crippen molar-refractivity contribution < 1.29 is 9.90 Å². The molecule has 2 heteroatoms. The first-order chi connectivity index (χ1) is 6.70. The van der Waals surface area contributed by atoms with Crippen molar-refractivity contribution in [2.24, 2.45) is 5.92 Å². The SMILES string of the molecule is CC(C(=O)O)C1C=Cc2ccccc21. The molecule has 0 saturated heterocycles. The molecular formula is C12H12O2. The van der Waals surface area contributed by atoms with Gasteiger partial charge in [0.1, 0.15) is 0 Å². The summed E-state index contributed by atoms with van der Waals surface area (Å²) in [6.45, 7) is 1.75. The summed E-state index contributed by atoms with van der Waals surface area (Å²) in [5, 5.41) is 8.93. The van der Waals surface area contributed by atoms with E-state index in [0.717, 1.165) is 11.1 Å². The molecule has 0 fully saturated rings. The zero-order valence-corrected chi connectivity index (χ0v) is 7.97. The van der Waals surface area contributed by atoms with Gasteiger partial charge in [0.25, 0.3) is 0 Å². The summed E-state index contributed by atoms with van der Waals surface area (Å²) in [5.74, 6) is -1.06. The van der Waals surface area contributed by atoms with E-state index in [2.05, 4.69) is 0 Å². The smallest absolute Gasteiger partial charge is 0.307 e. The molecule has 2 atom stereocenters. The quantitative estimate of drug-likeness (QED) is 0.774. The van der Waals surface area contributed by atoms with Crippen LogP contribution in [0.4, 0.5) is 0 Å². The summed E-state index contributed by atoms with van der Waals surface area (Å²) < 4.78 is 0. The highest BCUT2D eigenvalue weighted by Crippen LogP contribution is 2.35. The summed E-state index contributed by atoms with van der Waals surface area (Å²) >= 11 is 0. The Morgan fingerprint density at radius 2 is 2.14 bits per heavy atom. The molecule has 2 nitrogen and oxygen atoms in total. The molecule has 1 aromatic carbocycles. The van der Waals surface area contributed by atoms with Gasteiger partial charge in [-0.25, -0.2) is 0 Å². The third kappa shape index (κ3) is 1.33. The Kier molecular flexibility index (Phi) is 2.12. The van der Waals surface area contributed by atoms with Gasteiger partial charge < -0.3 is 5.11 Å². The van der Waals surface area contributed by atoms with Gasteiger partial charge in [0.05, 0.1) is 5.92 Å². The van der Waals surface area contributed by atoms with Crippen molar-refractivity contribution in [3.05, 3.63) is 41.5 Å². The van der Waals surface area contributed by atoms with Crippen LogP contribution >= 0.6 is 0 Å². The number of rotatable bonds is 2. The number of hydrogen-bond acceptors (Lipinski definition) is 1. The van der Waals surface area contributed by atoms with Crippen molar-refractivity contribution in [3.63, 3.8) is 0 Å². The van der Waals surface area contributed by atoms with Gasteiger partial charge in [0, 0.05) is 5.92 Å². The summed E-state index contributed by atoms with van der Waals surface area (Å²) in [7, 11) is 0. The van der Waals surface area contributed by atoms with Crippen LogP contribution in [0.15, 0.2) is 30.3 Å². The minimum atomic E-state index is -0.739. The highest BCUT2D eigenvalue weighted by atomic mass is 16.4. The minimum Gasteiger partial charge on any atom is -0.481 e. The molecule has 2 unspecified atom stereocenters. The Morgan fingerprint density at radius 1 is 1.43 bits per heavy atom. The van der Waals surface area contributed by atoms with Gasteiger partial charge in [0.2, 0.25) is 0 Å². The van der Waals surface area contributed by atoms with E-state index in [0.29, 0.717) is 0 Å². The molecule has 0 amide bonds. The van der Waals surface area contributed by atoms with Crippen LogP contribution in [0.5, 0.6) is 0 Å². The van der Waals surface area contributed by atoms with Crippen LogP contribution in [0, 0.1) is 5.92 Å². The van der Waals surface area contributed by atoms with Crippen LogP contribution < -0.4 is 0 Å². The lowest BCUT2D eigenvalue weighted by Crippen LogP contribution is -2.16. The van der Waals surface area contributed by atoms with Gasteiger partial charge in [-0.2, -0.15) is 0 Å². The Labute approximate surface area is 82.9 Å². The van der Waals surface area contributed by atoms with Crippen LogP contribution in [0.3, 0.4) is 0 Å². The van der Waals surface area contributed by atoms with E-state index in [9.17, 15) is 4.79 Å². The fraction of sp³-hybridized carbons (Fsp3) is 0.250. The number of hydrogen-bond donors (Lipinski definition) is 1. The molecule has 2 rings (SSSR count). The molecule has 1 aromatic rings. The maximum Gasteiger partial charge on any atom is 0.307 e. The number of benzene rings is 1. The molecule has 0 spiro atoms. The van der Waals surface area contributed by atoms with Crippen LogP contribution in [0.2, 0.25) is 0 Å². The Bertz CT molecular complexity index is 393. The molecule has 0 aliphatic heterocycles. The Balaban J connectivity index is 2.35. The maximum atomic E-state index is 10.9. The van der Waals surface area contributed by atoms with E-state index in [4.69, 9.17) is 5.11 Å². The Hall–Kier alpha value is -1.57. The highest BCUT2D eigenvalue weighted by Gasteiger charge is 2.26. The minimum absolute atomic E-state index is 0.0312. The van der Waals surface area contributed by atoms with E-state index < -0.39 is 5.97 Å². The predicted molar refractivity (Wildman–Crippen MR) is 55.0 cm³/mol. The topological polar surface area (TPSA) is 37.3 Å². The van der Waals surface area contributed by atoms with E-state index in [1.54, 1.807) is 6.92 Å². The molecule has 1 aliphatic carbocycles. The average molecular weight is 188 g/mol. The number of fused-ring (bicyclic) bond motifs is 1. The third-order valence-electron chi connectivity index (χ3n) is 2.77. The molecule has 1 N–H and O–H groups in total. The van der Waals surface area contributed by atoms with E-state index in [-0.39, 0.29) is 11.8 Å². The largest absolute Gasteiger partial charge is 0.481 e. The van der Waals surface area contributed by atoms with Gasteiger partial charge in [0.15, 0.2) is 0 Å². The zero-order chi connectivity index (χ0) is 10.1. The van der Waals surface area contributed by atoms with Crippen molar-refractivity contribution in [1.82, 2.24) is 0 Å². The molecule has 1 aliphatic rings.